The Labute approximate surface area is 328 Å². The van der Waals surface area contributed by atoms with Crippen LogP contribution in [-0.2, 0) is 0 Å². The lowest BCUT2D eigenvalue weighted by molar-refractivity contribution is 0.444. The first-order chi connectivity index (χ1) is 26.8. The summed E-state index contributed by atoms with van der Waals surface area (Å²) in [4.78, 5) is 38.2. The number of rotatable bonds is 7. The molecule has 3 saturated carbocycles. The van der Waals surface area contributed by atoms with E-state index in [0.29, 0.717) is 67.9 Å². The molecule has 0 saturated heterocycles. The number of nitrogens with one attached hydrogen (secondary N) is 2. The molecule has 0 spiro atoms. The van der Waals surface area contributed by atoms with Gasteiger partial charge in [-0.25, -0.2) is 14.6 Å². The number of hydrogen-bond acceptors (Lipinski definition) is 9. The van der Waals surface area contributed by atoms with Crippen molar-refractivity contribution in [1.29, 1.82) is 10.5 Å². The van der Waals surface area contributed by atoms with Crippen LogP contribution in [0.2, 0.25) is 10.2 Å². The van der Waals surface area contributed by atoms with Crippen molar-refractivity contribution in [2.45, 2.75) is 76.7 Å². The van der Waals surface area contributed by atoms with E-state index in [9.17, 15) is 20.1 Å². The fourth-order valence-corrected chi connectivity index (χ4v) is 7.35. The highest BCUT2D eigenvalue weighted by molar-refractivity contribution is 6.32. The van der Waals surface area contributed by atoms with Crippen LogP contribution in [0, 0.1) is 22.7 Å². The van der Waals surface area contributed by atoms with Gasteiger partial charge in [-0.3, -0.25) is 9.13 Å². The van der Waals surface area contributed by atoms with Crippen LogP contribution in [0.5, 0.6) is 0 Å². The molecule has 278 valence electrons. The van der Waals surface area contributed by atoms with Crippen molar-refractivity contribution in [2.24, 2.45) is 0 Å². The van der Waals surface area contributed by atoms with Crippen LogP contribution in [0.4, 0.5) is 11.6 Å². The van der Waals surface area contributed by atoms with Crippen LogP contribution in [0.3, 0.4) is 0 Å². The van der Waals surface area contributed by atoms with Crippen LogP contribution in [0.25, 0.3) is 33.2 Å². The molecular formula is C42H39Cl2N9O2. The van der Waals surface area contributed by atoms with E-state index >= 15 is 0 Å². The van der Waals surface area contributed by atoms with Crippen molar-refractivity contribution >= 4 is 56.6 Å². The molecule has 0 radical (unpaired) electrons. The summed E-state index contributed by atoms with van der Waals surface area (Å²) in [6, 6.07) is 23.2. The summed E-state index contributed by atoms with van der Waals surface area (Å²) in [5, 5.41) is 27.7. The molecule has 55 heavy (non-hydrogen) atoms. The molecule has 0 atom stereocenters. The third kappa shape index (κ3) is 7.38. The second-order valence-corrected chi connectivity index (χ2v) is 14.4. The van der Waals surface area contributed by atoms with Crippen molar-refractivity contribution < 1.29 is 0 Å². The Morgan fingerprint density at radius 1 is 0.727 bits per heavy atom. The van der Waals surface area contributed by atoms with Crippen molar-refractivity contribution in [3.8, 4) is 23.5 Å². The van der Waals surface area contributed by atoms with Crippen LogP contribution in [0.15, 0.2) is 76.4 Å². The van der Waals surface area contributed by atoms with Crippen LogP contribution in [-0.4, -0.2) is 37.2 Å². The van der Waals surface area contributed by atoms with Crippen LogP contribution in [0.1, 0.15) is 92.9 Å². The van der Waals surface area contributed by atoms with Crippen molar-refractivity contribution in [2.75, 3.05) is 17.7 Å². The Morgan fingerprint density at radius 2 is 1.25 bits per heavy atom. The maximum atomic E-state index is 13.0. The molecule has 0 bridgehead atoms. The van der Waals surface area contributed by atoms with Gasteiger partial charge < -0.3 is 10.6 Å². The molecule has 2 N–H and O–H groups in total. The summed E-state index contributed by atoms with van der Waals surface area (Å²) in [7, 11) is 1.70. The average molecular weight is 773 g/mol. The van der Waals surface area contributed by atoms with Gasteiger partial charge in [0.1, 0.15) is 11.6 Å². The molecule has 6 aromatic rings. The Morgan fingerprint density at radius 3 is 1.75 bits per heavy atom. The average Bonchev–Trinajstić information content (AvgIpc) is 4.12. The van der Waals surface area contributed by atoms with Gasteiger partial charge in [-0.05, 0) is 116 Å². The zero-order chi connectivity index (χ0) is 38.8. The Hall–Kier alpha value is -5.75. The highest BCUT2D eigenvalue weighted by Crippen LogP contribution is 2.44. The van der Waals surface area contributed by atoms with Gasteiger partial charge in [0.2, 0.25) is 0 Å². The predicted octanol–water partition coefficient (Wildman–Crippen LogP) is 9.00. The Bertz CT molecular complexity index is 2650. The molecule has 3 aliphatic rings. The normalized spacial score (nSPS) is 14.7. The SMILES string of the molecule is CC.CNc1nc(=O)n(-c2cccnc2Cl)c2cc(C3CC3)c(C#N)cc12.N#Cc1cc2c(NC3CCC3)nc(=O)n(-c3ccccc3Cl)c2cc1C1CC1. The number of benzene rings is 3. The second-order valence-electron chi connectivity index (χ2n) is 13.6. The highest BCUT2D eigenvalue weighted by Gasteiger charge is 2.30. The molecule has 11 nitrogen and oxygen atoms in total. The highest BCUT2D eigenvalue weighted by atomic mass is 35.5. The lowest BCUT2D eigenvalue weighted by atomic mass is 9.93. The topological polar surface area (TPSA) is 154 Å². The third-order valence-electron chi connectivity index (χ3n) is 10.2. The second kappa shape index (κ2) is 15.9. The number of aromatic nitrogens is 5. The molecule has 0 unspecified atom stereocenters. The molecule has 0 amide bonds. The van der Waals surface area contributed by atoms with E-state index in [0.717, 1.165) is 60.6 Å². The maximum Gasteiger partial charge on any atom is 0.354 e. The largest absolute Gasteiger partial charge is 0.372 e. The van der Waals surface area contributed by atoms with Crippen LogP contribution >= 0.6 is 23.2 Å². The maximum absolute atomic E-state index is 13.0. The minimum absolute atomic E-state index is 0.224. The summed E-state index contributed by atoms with van der Waals surface area (Å²) in [5.74, 6) is 1.77. The van der Waals surface area contributed by atoms with Gasteiger partial charge in [0.05, 0.1) is 50.7 Å². The number of anilines is 2. The number of para-hydroxylation sites is 1. The lowest BCUT2D eigenvalue weighted by Gasteiger charge is -2.27. The number of fused-ring (bicyclic) bond motifs is 2. The molecule has 3 fully saturated rings. The monoisotopic (exact) mass is 771 g/mol. The fraction of sp³-hybridized carbons (Fsp3) is 0.310. The van der Waals surface area contributed by atoms with E-state index in [1.807, 2.05) is 50.2 Å². The van der Waals surface area contributed by atoms with Crippen molar-refractivity contribution in [3.05, 3.63) is 120 Å². The van der Waals surface area contributed by atoms with Crippen molar-refractivity contribution in [3.63, 3.8) is 0 Å². The third-order valence-corrected chi connectivity index (χ3v) is 10.8. The minimum Gasteiger partial charge on any atom is -0.372 e. The summed E-state index contributed by atoms with van der Waals surface area (Å²) in [6.45, 7) is 4.00. The molecule has 3 aliphatic carbocycles. The van der Waals surface area contributed by atoms with Gasteiger partial charge in [-0.2, -0.15) is 20.5 Å². The van der Waals surface area contributed by atoms with E-state index in [1.165, 1.54) is 11.0 Å². The summed E-state index contributed by atoms with van der Waals surface area (Å²) >= 11 is 12.6. The Balaban J connectivity index is 0.000000163. The predicted molar refractivity (Wildman–Crippen MR) is 218 cm³/mol. The van der Waals surface area contributed by atoms with E-state index in [1.54, 1.807) is 42.1 Å². The zero-order valence-electron chi connectivity index (χ0n) is 30.7. The molecule has 3 heterocycles. The molecule has 13 heteroatoms. The van der Waals surface area contributed by atoms with Gasteiger partial charge >= 0.3 is 11.4 Å². The van der Waals surface area contributed by atoms with Gasteiger partial charge in [0.15, 0.2) is 5.15 Å². The molecule has 9 rings (SSSR count). The molecule has 0 aliphatic heterocycles. The van der Waals surface area contributed by atoms with Crippen LogP contribution < -0.4 is 22.0 Å². The van der Waals surface area contributed by atoms with Gasteiger partial charge in [-0.1, -0.05) is 49.2 Å². The number of hydrogen-bond donors (Lipinski definition) is 2. The Kier molecular flexibility index (Phi) is 10.9. The molecule has 3 aromatic carbocycles. The quantitative estimate of drug-likeness (QED) is 0.151. The molecule has 3 aromatic heterocycles. The first-order valence-corrected chi connectivity index (χ1v) is 19.4. The van der Waals surface area contributed by atoms with Gasteiger partial charge in [0, 0.05) is 30.1 Å². The fourth-order valence-electron chi connectivity index (χ4n) is 6.92. The number of nitrogens with zero attached hydrogens (tertiary/aromatic N) is 7. The smallest absolute Gasteiger partial charge is 0.354 e. The first-order valence-electron chi connectivity index (χ1n) is 18.6. The summed E-state index contributed by atoms with van der Waals surface area (Å²) < 4.78 is 3.02. The first kappa shape index (κ1) is 37.6. The summed E-state index contributed by atoms with van der Waals surface area (Å²) in [6.07, 6.45) is 9.16. The number of halogens is 2. The van der Waals surface area contributed by atoms with Gasteiger partial charge in [0.25, 0.3) is 0 Å². The summed E-state index contributed by atoms with van der Waals surface area (Å²) in [5.41, 5.74) is 4.94. The lowest BCUT2D eigenvalue weighted by Crippen LogP contribution is -2.30. The minimum atomic E-state index is -0.446. The zero-order valence-corrected chi connectivity index (χ0v) is 32.2. The van der Waals surface area contributed by atoms with E-state index in [2.05, 4.69) is 37.7 Å². The van der Waals surface area contributed by atoms with Gasteiger partial charge in [-0.15, -0.1) is 0 Å². The van der Waals surface area contributed by atoms with E-state index in [-0.39, 0.29) is 10.8 Å². The van der Waals surface area contributed by atoms with Crippen molar-refractivity contribution in [1.82, 2.24) is 24.1 Å². The number of pyridine rings is 1. The number of nitriles is 2. The van der Waals surface area contributed by atoms with E-state index < -0.39 is 5.69 Å². The molecular weight excluding hydrogens is 733 g/mol. The standard InChI is InChI=1S/C22H19ClN4O.C18H14ClN5O.C2H6/c23-18-6-1-2-7-19(18)27-20-11-16(13-8-9-13)14(12-24)10-17(20)21(26-22(27)28)25-15-4-3-5-15;1-21-17-13-7-11(9-20)12(10-4-5-10)8-15(13)24(18(25)23-17)14-3-2-6-22-16(14)19;1-2/h1-2,6-7,10-11,13,15H,3-5,8-9H2,(H,25,26,28);2-3,6-8,10H,4-5H2,1H3,(H,21,23,25);1-2H3. The van der Waals surface area contributed by atoms with E-state index in [4.69, 9.17) is 23.2 Å².